The third kappa shape index (κ3) is 2.30. The summed E-state index contributed by atoms with van der Waals surface area (Å²) in [5, 5.41) is -0.850. The third-order valence-corrected chi connectivity index (χ3v) is 1.57. The molecule has 0 bridgehead atoms. The number of hydrogen-bond acceptors (Lipinski definition) is 2. The minimum atomic E-state index is -3.06. The van der Waals surface area contributed by atoms with Gasteiger partial charge >= 0.3 is 0 Å². The lowest BCUT2D eigenvalue weighted by atomic mass is 10.8. The Labute approximate surface area is 49.4 Å². The van der Waals surface area contributed by atoms with Gasteiger partial charge in [0.1, 0.15) is 0 Å². The van der Waals surface area contributed by atoms with E-state index in [0.717, 1.165) is 12.3 Å². The molecule has 0 aromatic heterocycles. The van der Waals surface area contributed by atoms with Crippen molar-refractivity contribution < 1.29 is 13.5 Å². The lowest BCUT2D eigenvalue weighted by molar-refractivity contribution is 0.483. The summed E-state index contributed by atoms with van der Waals surface area (Å²) in [6.45, 7) is 1.41. The average molecular weight is 140 g/mol. The molecule has 0 aliphatic rings. The SMILES string of the molecule is C/C=C(\F)S(C)(O)O. The van der Waals surface area contributed by atoms with Gasteiger partial charge in [0, 0.05) is 6.26 Å². The highest BCUT2D eigenvalue weighted by Crippen LogP contribution is 2.43. The maximum atomic E-state index is 12.0. The molecule has 0 aromatic rings. The maximum absolute atomic E-state index is 12.0. The van der Waals surface area contributed by atoms with Gasteiger partial charge in [-0.05, 0) is 13.0 Å². The van der Waals surface area contributed by atoms with Crippen LogP contribution in [0.3, 0.4) is 0 Å². The quantitative estimate of drug-likeness (QED) is 0.586. The van der Waals surface area contributed by atoms with Crippen molar-refractivity contribution in [3.63, 3.8) is 0 Å². The lowest BCUT2D eigenvalue weighted by Gasteiger charge is -2.23. The molecule has 0 amide bonds. The van der Waals surface area contributed by atoms with Crippen LogP contribution in [0.25, 0.3) is 0 Å². The van der Waals surface area contributed by atoms with Crippen molar-refractivity contribution >= 4 is 10.6 Å². The number of allylic oxidation sites excluding steroid dienone is 1. The predicted octanol–water partition coefficient (Wildman–Crippen LogP) is 2.20. The smallest absolute Gasteiger partial charge is 0.201 e. The Morgan fingerprint density at radius 2 is 2.00 bits per heavy atom. The summed E-state index contributed by atoms with van der Waals surface area (Å²) in [4.78, 5) is 0. The zero-order valence-corrected chi connectivity index (χ0v) is 5.57. The molecule has 0 spiro atoms. The largest absolute Gasteiger partial charge is 0.293 e. The molecule has 0 saturated heterocycles. The average Bonchev–Trinajstić information content (AvgIpc) is 1.62. The molecule has 0 aliphatic carbocycles. The van der Waals surface area contributed by atoms with Gasteiger partial charge in [-0.2, -0.15) is 4.39 Å². The van der Waals surface area contributed by atoms with Crippen LogP contribution >= 0.6 is 10.6 Å². The first-order valence-electron chi connectivity index (χ1n) is 2.03. The summed E-state index contributed by atoms with van der Waals surface area (Å²) >= 11 is 0. The fraction of sp³-hybridized carbons (Fsp3) is 0.500. The second kappa shape index (κ2) is 2.48. The molecule has 0 rings (SSSR count). The van der Waals surface area contributed by atoms with E-state index < -0.39 is 15.7 Å². The van der Waals surface area contributed by atoms with E-state index in [-0.39, 0.29) is 0 Å². The van der Waals surface area contributed by atoms with E-state index in [1.807, 2.05) is 0 Å². The topological polar surface area (TPSA) is 40.5 Å². The van der Waals surface area contributed by atoms with Gasteiger partial charge in [-0.15, -0.1) is 10.6 Å². The summed E-state index contributed by atoms with van der Waals surface area (Å²) < 4.78 is 29.0. The molecule has 8 heavy (non-hydrogen) atoms. The van der Waals surface area contributed by atoms with E-state index in [4.69, 9.17) is 9.11 Å². The standard InChI is InChI=1S/C4H9FO2S/c1-3-4(5)8(2,6)7/h3,6-7H,1-2H3/b4-3+. The van der Waals surface area contributed by atoms with E-state index in [0.29, 0.717) is 0 Å². The van der Waals surface area contributed by atoms with E-state index in [1.165, 1.54) is 6.92 Å². The first kappa shape index (κ1) is 7.94. The second-order valence-corrected chi connectivity index (χ2v) is 3.48. The van der Waals surface area contributed by atoms with E-state index in [1.54, 1.807) is 0 Å². The molecular weight excluding hydrogens is 131 g/mol. The fourth-order valence-corrected chi connectivity index (χ4v) is 0.670. The molecule has 0 saturated carbocycles. The normalized spacial score (nSPS) is 16.4. The summed E-state index contributed by atoms with van der Waals surface area (Å²) in [6.07, 6.45) is 2.08. The summed E-state index contributed by atoms with van der Waals surface area (Å²) in [5.74, 6) is 0. The van der Waals surface area contributed by atoms with Crippen LogP contribution in [-0.4, -0.2) is 15.4 Å². The van der Waals surface area contributed by atoms with Crippen molar-refractivity contribution in [2.24, 2.45) is 0 Å². The molecule has 0 atom stereocenters. The highest BCUT2D eigenvalue weighted by atomic mass is 32.3. The van der Waals surface area contributed by atoms with Crippen LogP contribution in [0.2, 0.25) is 0 Å². The molecule has 4 heteroatoms. The highest BCUT2D eigenvalue weighted by molar-refractivity contribution is 8.26. The van der Waals surface area contributed by atoms with Gasteiger partial charge in [-0.25, -0.2) is 0 Å². The zero-order valence-electron chi connectivity index (χ0n) is 4.76. The molecule has 2 N–H and O–H groups in total. The van der Waals surface area contributed by atoms with Crippen molar-refractivity contribution in [3.8, 4) is 0 Å². The van der Waals surface area contributed by atoms with Crippen LogP contribution in [-0.2, 0) is 0 Å². The van der Waals surface area contributed by atoms with Gasteiger partial charge in [0.15, 0.2) is 0 Å². The zero-order chi connectivity index (χ0) is 6.78. The Hall–Kier alpha value is -0.0600. The van der Waals surface area contributed by atoms with Crippen LogP contribution in [0.4, 0.5) is 4.39 Å². The van der Waals surface area contributed by atoms with E-state index in [2.05, 4.69) is 0 Å². The third-order valence-electron chi connectivity index (χ3n) is 0.596. The van der Waals surface area contributed by atoms with Crippen molar-refractivity contribution in [2.45, 2.75) is 6.92 Å². The first-order chi connectivity index (χ1) is 3.48. The minimum absolute atomic E-state index is 0.850. The molecule has 2 nitrogen and oxygen atoms in total. The monoisotopic (exact) mass is 140 g/mol. The Balaban J connectivity index is 4.03. The Kier molecular flexibility index (Phi) is 2.46. The Bertz CT molecular complexity index is 105. The Morgan fingerprint density at radius 3 is 2.00 bits per heavy atom. The van der Waals surface area contributed by atoms with Gasteiger partial charge in [0.2, 0.25) is 5.16 Å². The molecular formula is C4H9FO2S. The van der Waals surface area contributed by atoms with Crippen LogP contribution in [0.1, 0.15) is 6.92 Å². The van der Waals surface area contributed by atoms with Crippen molar-refractivity contribution in [1.82, 2.24) is 0 Å². The van der Waals surface area contributed by atoms with Crippen LogP contribution in [0.5, 0.6) is 0 Å². The minimum Gasteiger partial charge on any atom is -0.293 e. The van der Waals surface area contributed by atoms with Crippen molar-refractivity contribution in [3.05, 3.63) is 11.2 Å². The molecule has 0 radical (unpaired) electrons. The van der Waals surface area contributed by atoms with Crippen LogP contribution < -0.4 is 0 Å². The van der Waals surface area contributed by atoms with Crippen LogP contribution in [0.15, 0.2) is 11.2 Å². The summed E-state index contributed by atoms with van der Waals surface area (Å²) in [6, 6.07) is 0. The van der Waals surface area contributed by atoms with Gasteiger partial charge in [0.05, 0.1) is 0 Å². The van der Waals surface area contributed by atoms with Gasteiger partial charge in [-0.1, -0.05) is 0 Å². The van der Waals surface area contributed by atoms with Crippen molar-refractivity contribution in [1.29, 1.82) is 0 Å². The molecule has 0 aliphatic heterocycles. The molecule has 0 aromatic carbocycles. The summed E-state index contributed by atoms with van der Waals surface area (Å²) in [7, 11) is -3.06. The molecule has 50 valence electrons. The van der Waals surface area contributed by atoms with Crippen molar-refractivity contribution in [2.75, 3.05) is 6.26 Å². The number of hydrogen-bond donors (Lipinski definition) is 2. The predicted molar refractivity (Wildman–Crippen MR) is 33.6 cm³/mol. The fourth-order valence-electron chi connectivity index (χ4n) is 0.223. The first-order valence-corrected chi connectivity index (χ1v) is 3.99. The van der Waals surface area contributed by atoms with E-state index in [9.17, 15) is 4.39 Å². The summed E-state index contributed by atoms with van der Waals surface area (Å²) in [5.41, 5.74) is 0. The van der Waals surface area contributed by atoms with Crippen LogP contribution in [0, 0.1) is 0 Å². The van der Waals surface area contributed by atoms with Gasteiger partial charge < -0.3 is 0 Å². The Morgan fingerprint density at radius 1 is 1.62 bits per heavy atom. The molecule has 0 unspecified atom stereocenters. The number of rotatable bonds is 1. The number of halogens is 1. The molecule has 0 fully saturated rings. The van der Waals surface area contributed by atoms with E-state index >= 15 is 0 Å². The second-order valence-electron chi connectivity index (χ2n) is 1.43. The molecule has 0 heterocycles. The van der Waals surface area contributed by atoms with Gasteiger partial charge in [-0.3, -0.25) is 9.11 Å². The maximum Gasteiger partial charge on any atom is 0.201 e. The van der Waals surface area contributed by atoms with Gasteiger partial charge in [0.25, 0.3) is 0 Å². The highest BCUT2D eigenvalue weighted by Gasteiger charge is 2.08. The lowest BCUT2D eigenvalue weighted by Crippen LogP contribution is -1.92.